The maximum Gasteiger partial charge on any atom is 0.316 e. The molecule has 2 aromatic carbocycles. The van der Waals surface area contributed by atoms with Gasteiger partial charge in [-0.2, -0.15) is 0 Å². The van der Waals surface area contributed by atoms with Crippen LogP contribution in [0.1, 0.15) is 88.1 Å². The van der Waals surface area contributed by atoms with Crippen molar-refractivity contribution in [3.05, 3.63) is 57.6 Å². The number of esters is 1. The number of ketones is 2. The molecule has 5 N–H and O–H groups in total. The van der Waals surface area contributed by atoms with Gasteiger partial charge >= 0.3 is 5.97 Å². The number of phenolic OH excluding ortho intramolecular Hbond substituents is 2. The number of nitrogens with one attached hydrogen (secondary N) is 1. The largest absolute Gasteiger partial charge is 0.507 e. The Hall–Kier alpha value is -3.35. The van der Waals surface area contributed by atoms with E-state index in [0.29, 0.717) is 6.42 Å². The first-order chi connectivity index (χ1) is 19.3. The van der Waals surface area contributed by atoms with Crippen LogP contribution in [0.4, 0.5) is 0 Å². The van der Waals surface area contributed by atoms with Crippen LogP contribution in [0.2, 0.25) is 0 Å². The number of quaternary nitrogens is 1. The lowest BCUT2D eigenvalue weighted by atomic mass is 9.67. The summed E-state index contributed by atoms with van der Waals surface area (Å²) in [5.74, 6) is -4.40. The molecule has 3 aliphatic rings. The summed E-state index contributed by atoms with van der Waals surface area (Å²) < 4.78 is 17.4. The van der Waals surface area contributed by atoms with Crippen LogP contribution in [0, 0.1) is 0 Å². The zero-order valence-corrected chi connectivity index (χ0v) is 23.6. The second-order valence-corrected chi connectivity index (χ2v) is 11.4. The topological polar surface area (TPSA) is 164 Å². The molecule has 1 aliphatic heterocycles. The van der Waals surface area contributed by atoms with Crippen LogP contribution < -0.4 is 4.90 Å². The molecule has 0 aromatic heterocycles. The predicted octanol–water partition coefficient (Wildman–Crippen LogP) is 0.741. The van der Waals surface area contributed by atoms with E-state index in [-0.39, 0.29) is 52.3 Å². The third-order valence-corrected chi connectivity index (χ3v) is 8.88. The Morgan fingerprint density at radius 1 is 1.15 bits per heavy atom. The number of aliphatic hydroxyl groups is 2. The molecule has 2 aromatic rings. The Bertz CT molecular complexity index is 1420. The van der Waals surface area contributed by atoms with Crippen molar-refractivity contribution >= 4 is 17.5 Å². The number of carbonyl (C=O) groups is 3. The molecule has 11 nitrogen and oxygen atoms in total. The van der Waals surface area contributed by atoms with E-state index in [4.69, 9.17) is 14.2 Å². The van der Waals surface area contributed by atoms with Crippen LogP contribution >= 0.6 is 0 Å². The number of phenols is 2. The molecule has 0 amide bonds. The molecule has 0 bridgehead atoms. The van der Waals surface area contributed by atoms with E-state index in [2.05, 4.69) is 0 Å². The molecule has 220 valence electrons. The highest BCUT2D eigenvalue weighted by Crippen LogP contribution is 2.53. The van der Waals surface area contributed by atoms with Gasteiger partial charge in [-0.1, -0.05) is 19.1 Å². The number of benzene rings is 2. The number of rotatable bonds is 5. The lowest BCUT2D eigenvalue weighted by Crippen LogP contribution is -3.12. The molecule has 0 radical (unpaired) electrons. The van der Waals surface area contributed by atoms with E-state index in [0.717, 1.165) is 4.90 Å². The zero-order chi connectivity index (χ0) is 30.0. The van der Waals surface area contributed by atoms with Gasteiger partial charge in [-0.15, -0.1) is 0 Å². The minimum absolute atomic E-state index is 0.0359. The lowest BCUT2D eigenvalue weighted by molar-refractivity contribution is -0.893. The minimum Gasteiger partial charge on any atom is -0.507 e. The molecule has 1 fully saturated rings. The average molecular weight is 571 g/mol. The van der Waals surface area contributed by atoms with Crippen LogP contribution in [0.3, 0.4) is 0 Å². The summed E-state index contributed by atoms with van der Waals surface area (Å²) >= 11 is 0. The van der Waals surface area contributed by atoms with Crippen LogP contribution in [0.15, 0.2) is 24.3 Å². The molecule has 7 atom stereocenters. The van der Waals surface area contributed by atoms with E-state index >= 15 is 0 Å². The van der Waals surface area contributed by atoms with Crippen molar-refractivity contribution < 1.29 is 53.9 Å². The molecular formula is C30H36NO10+. The van der Waals surface area contributed by atoms with Crippen molar-refractivity contribution in [3.63, 3.8) is 0 Å². The average Bonchev–Trinajstić information content (AvgIpc) is 2.92. The summed E-state index contributed by atoms with van der Waals surface area (Å²) in [6.07, 6.45) is -2.96. The normalized spacial score (nSPS) is 30.9. The summed E-state index contributed by atoms with van der Waals surface area (Å²) in [5.41, 5.74) is -2.24. The van der Waals surface area contributed by atoms with Gasteiger partial charge in [0.15, 0.2) is 12.1 Å². The molecule has 1 heterocycles. The number of hydrogen-bond donors (Lipinski definition) is 5. The Kier molecular flexibility index (Phi) is 7.46. The van der Waals surface area contributed by atoms with Crippen LogP contribution in [0.5, 0.6) is 11.5 Å². The number of likely N-dealkylation sites (N-methyl/N-ethyl adjacent to an activating group) is 1. The third-order valence-electron chi connectivity index (χ3n) is 8.88. The van der Waals surface area contributed by atoms with E-state index < -0.39 is 65.2 Å². The number of methoxy groups -OCH3 is 1. The van der Waals surface area contributed by atoms with Gasteiger partial charge in [0, 0.05) is 23.1 Å². The van der Waals surface area contributed by atoms with Crippen molar-refractivity contribution in [2.75, 3.05) is 21.2 Å². The fourth-order valence-electron chi connectivity index (χ4n) is 6.59. The molecule has 0 spiro atoms. The van der Waals surface area contributed by atoms with E-state index in [1.165, 1.54) is 31.4 Å². The number of aliphatic hydroxyl groups excluding tert-OH is 1. The predicted molar refractivity (Wildman–Crippen MR) is 143 cm³/mol. The highest BCUT2D eigenvalue weighted by Gasteiger charge is 2.53. The van der Waals surface area contributed by atoms with Crippen molar-refractivity contribution in [3.8, 4) is 11.5 Å². The number of fused-ring (bicyclic) bond motifs is 3. The highest BCUT2D eigenvalue weighted by atomic mass is 16.7. The van der Waals surface area contributed by atoms with Crippen LogP contribution in [-0.2, 0) is 19.0 Å². The maximum absolute atomic E-state index is 13.6. The summed E-state index contributed by atoms with van der Waals surface area (Å²) in [6, 6.07) is 5.24. The second-order valence-electron chi connectivity index (χ2n) is 11.4. The Balaban J connectivity index is 1.69. The standard InChI is InChI=1S/C30H35NO10/c1-6-30(38)12-19(41-20-11-17(31(3)4)25(33)13(2)40-20)22-15(24(30)29(37)39-5)10-16-23(28(22)36)27(35)21-14(26(16)34)8-7-9-18(21)32/h7-10,13,17,19-20,24-25,32-33,36,38H,6,11-12H2,1-5H3/p+1. The second kappa shape index (κ2) is 10.5. The van der Waals surface area contributed by atoms with Gasteiger partial charge < -0.3 is 39.5 Å². The number of ether oxygens (including phenoxy) is 3. The maximum atomic E-state index is 13.6. The van der Waals surface area contributed by atoms with Crippen molar-refractivity contribution in [1.82, 2.24) is 0 Å². The van der Waals surface area contributed by atoms with Gasteiger partial charge in [-0.05, 0) is 31.0 Å². The monoisotopic (exact) mass is 570 g/mol. The van der Waals surface area contributed by atoms with Gasteiger partial charge in [0.2, 0.25) is 5.78 Å². The summed E-state index contributed by atoms with van der Waals surface area (Å²) in [7, 11) is 4.99. The van der Waals surface area contributed by atoms with Crippen LogP contribution in [-0.4, -0.2) is 89.3 Å². The van der Waals surface area contributed by atoms with Gasteiger partial charge in [-0.3, -0.25) is 14.4 Å². The van der Waals surface area contributed by atoms with E-state index in [1.807, 2.05) is 14.1 Å². The number of hydrogen-bond acceptors (Lipinski definition) is 10. The number of carbonyl (C=O) groups excluding carboxylic acids is 3. The molecule has 5 rings (SSSR count). The van der Waals surface area contributed by atoms with Crippen LogP contribution in [0.25, 0.3) is 0 Å². The Labute approximate surface area is 237 Å². The molecular weight excluding hydrogens is 534 g/mol. The molecule has 2 aliphatic carbocycles. The minimum atomic E-state index is -1.69. The first kappa shape index (κ1) is 29.2. The summed E-state index contributed by atoms with van der Waals surface area (Å²) in [4.78, 5) is 41.3. The van der Waals surface area contributed by atoms with Crippen molar-refractivity contribution in [1.29, 1.82) is 0 Å². The third kappa shape index (κ3) is 4.52. The first-order valence-corrected chi connectivity index (χ1v) is 13.7. The van der Waals surface area contributed by atoms with Gasteiger partial charge in [0.25, 0.3) is 0 Å². The quantitative estimate of drug-likeness (QED) is 0.277. The van der Waals surface area contributed by atoms with Gasteiger partial charge in [-0.25, -0.2) is 0 Å². The van der Waals surface area contributed by atoms with Gasteiger partial charge in [0.05, 0.1) is 56.6 Å². The first-order valence-electron chi connectivity index (χ1n) is 13.7. The molecule has 0 saturated carbocycles. The van der Waals surface area contributed by atoms with Crippen molar-refractivity contribution in [2.45, 2.75) is 75.3 Å². The Morgan fingerprint density at radius 2 is 1.85 bits per heavy atom. The fourth-order valence-corrected chi connectivity index (χ4v) is 6.59. The van der Waals surface area contributed by atoms with Gasteiger partial charge in [0.1, 0.15) is 29.6 Å². The van der Waals surface area contributed by atoms with E-state index in [1.54, 1.807) is 13.8 Å². The fraction of sp³-hybridized carbons (Fsp3) is 0.500. The Morgan fingerprint density at radius 3 is 2.49 bits per heavy atom. The molecule has 11 heteroatoms. The smallest absolute Gasteiger partial charge is 0.316 e. The summed E-state index contributed by atoms with van der Waals surface area (Å²) in [6.45, 7) is 3.42. The van der Waals surface area contributed by atoms with Crippen molar-refractivity contribution in [2.24, 2.45) is 0 Å². The zero-order valence-electron chi connectivity index (χ0n) is 23.6. The summed E-state index contributed by atoms with van der Waals surface area (Å²) in [5, 5.41) is 44.5. The SMILES string of the molecule is CCC1(O)CC(OC2CC([NH+](C)C)C(O)C(C)O2)c2c(cc3c(c2O)C(=O)c2c(O)cccc2C3=O)C1C(=O)OC. The number of aromatic hydroxyl groups is 2. The lowest BCUT2D eigenvalue weighted by Gasteiger charge is -2.45. The molecule has 1 saturated heterocycles. The molecule has 41 heavy (non-hydrogen) atoms. The highest BCUT2D eigenvalue weighted by molar-refractivity contribution is 6.30. The van der Waals surface area contributed by atoms with E-state index in [9.17, 15) is 34.8 Å². The molecule has 7 unspecified atom stereocenters.